The Kier molecular flexibility index (Phi) is 3.73. The van der Waals surface area contributed by atoms with Crippen molar-refractivity contribution in [2.75, 3.05) is 11.1 Å². The maximum absolute atomic E-state index is 12.9. The van der Waals surface area contributed by atoms with Crippen LogP contribution in [0.25, 0.3) is 0 Å². The Morgan fingerprint density at radius 3 is 2.67 bits per heavy atom. The molecule has 0 amide bonds. The number of nitrogens with zero attached hydrogens (tertiary/aromatic N) is 2. The van der Waals surface area contributed by atoms with Crippen molar-refractivity contribution in [1.29, 1.82) is 0 Å². The minimum Gasteiger partial charge on any atom is -0.384 e. The van der Waals surface area contributed by atoms with Gasteiger partial charge in [0.2, 0.25) is 0 Å². The molecule has 21 heavy (non-hydrogen) atoms. The Morgan fingerprint density at radius 2 is 2.00 bits per heavy atom. The third-order valence-corrected chi connectivity index (χ3v) is 3.56. The van der Waals surface area contributed by atoms with E-state index in [1.807, 2.05) is 0 Å². The van der Waals surface area contributed by atoms with Gasteiger partial charge in [-0.2, -0.15) is 0 Å². The molecule has 1 aromatic heterocycles. The van der Waals surface area contributed by atoms with Gasteiger partial charge in [0.15, 0.2) is 0 Å². The molecular weight excluding hydrogens is 267 g/mol. The molecule has 1 aromatic carbocycles. The molecule has 0 saturated heterocycles. The largest absolute Gasteiger partial charge is 0.384 e. The molecule has 0 bridgehead atoms. The molecule has 1 unspecified atom stereocenters. The Morgan fingerprint density at radius 1 is 1.29 bits per heavy atom. The maximum Gasteiger partial charge on any atom is 0.136 e. The van der Waals surface area contributed by atoms with Crippen LogP contribution in [0.4, 0.5) is 16.0 Å². The molecule has 4 nitrogen and oxygen atoms in total. The summed E-state index contributed by atoms with van der Waals surface area (Å²) in [4.78, 5) is 8.81. The lowest BCUT2D eigenvalue weighted by molar-refractivity contribution is 0.626. The number of aromatic nitrogens is 2. The molecule has 1 fully saturated rings. The zero-order chi connectivity index (χ0) is 14.8. The molecule has 3 rings (SSSR count). The highest BCUT2D eigenvalue weighted by atomic mass is 19.1. The van der Waals surface area contributed by atoms with Crippen molar-refractivity contribution in [2.24, 2.45) is 0 Å². The number of rotatable bonds is 5. The van der Waals surface area contributed by atoms with Gasteiger partial charge in [-0.3, -0.25) is 0 Å². The van der Waals surface area contributed by atoms with Crippen molar-refractivity contribution >= 4 is 11.6 Å². The predicted octanol–water partition coefficient (Wildman–Crippen LogP) is 3.12. The fourth-order valence-corrected chi connectivity index (χ4v) is 2.36. The first-order chi connectivity index (χ1) is 10.1. The van der Waals surface area contributed by atoms with Crippen LogP contribution >= 0.6 is 0 Å². The van der Waals surface area contributed by atoms with Crippen LogP contribution in [0.15, 0.2) is 30.3 Å². The highest BCUT2D eigenvalue weighted by molar-refractivity contribution is 5.46. The van der Waals surface area contributed by atoms with Crippen molar-refractivity contribution in [1.82, 2.24) is 9.97 Å². The predicted molar refractivity (Wildman–Crippen MR) is 81.6 cm³/mol. The van der Waals surface area contributed by atoms with E-state index in [0.29, 0.717) is 11.7 Å². The summed E-state index contributed by atoms with van der Waals surface area (Å²) in [5.41, 5.74) is 6.92. The fourth-order valence-electron chi connectivity index (χ4n) is 2.36. The minimum atomic E-state index is -0.211. The van der Waals surface area contributed by atoms with Crippen LogP contribution in [-0.4, -0.2) is 16.0 Å². The van der Waals surface area contributed by atoms with Crippen LogP contribution in [0.5, 0.6) is 0 Å². The number of halogens is 1. The maximum atomic E-state index is 12.9. The first-order valence-corrected chi connectivity index (χ1v) is 7.25. The Hall–Kier alpha value is -2.17. The molecule has 3 N–H and O–H groups in total. The van der Waals surface area contributed by atoms with Gasteiger partial charge in [0.05, 0.1) is 0 Å². The van der Waals surface area contributed by atoms with Gasteiger partial charge in [-0.15, -0.1) is 0 Å². The molecule has 1 aliphatic rings. The summed E-state index contributed by atoms with van der Waals surface area (Å²) in [6.07, 6.45) is 3.09. The van der Waals surface area contributed by atoms with Crippen LogP contribution < -0.4 is 11.1 Å². The summed E-state index contributed by atoms with van der Waals surface area (Å²) in [7, 11) is 0. The molecule has 1 heterocycles. The highest BCUT2D eigenvalue weighted by Gasteiger charge is 2.27. The quantitative estimate of drug-likeness (QED) is 0.886. The average molecular weight is 286 g/mol. The Labute approximate surface area is 123 Å². The van der Waals surface area contributed by atoms with E-state index in [-0.39, 0.29) is 11.9 Å². The number of nitrogens with two attached hydrogens (primary N) is 1. The molecule has 2 aromatic rings. The van der Waals surface area contributed by atoms with Gasteiger partial charge in [-0.1, -0.05) is 12.1 Å². The molecular formula is C16H19FN4. The topological polar surface area (TPSA) is 63.8 Å². The third kappa shape index (κ3) is 3.68. The summed E-state index contributed by atoms with van der Waals surface area (Å²) < 4.78 is 12.9. The summed E-state index contributed by atoms with van der Waals surface area (Å²) in [6, 6.07) is 8.50. The second-order valence-electron chi connectivity index (χ2n) is 5.69. The number of hydrogen-bond donors (Lipinski definition) is 2. The van der Waals surface area contributed by atoms with Crippen molar-refractivity contribution in [3.05, 3.63) is 47.5 Å². The molecule has 110 valence electrons. The summed E-state index contributed by atoms with van der Waals surface area (Å²) >= 11 is 0. The van der Waals surface area contributed by atoms with Gasteiger partial charge in [0.25, 0.3) is 0 Å². The third-order valence-electron chi connectivity index (χ3n) is 3.56. The molecule has 5 heteroatoms. The summed E-state index contributed by atoms with van der Waals surface area (Å²) in [6.45, 7) is 2.07. The first-order valence-electron chi connectivity index (χ1n) is 7.25. The molecule has 0 spiro atoms. The van der Waals surface area contributed by atoms with Gasteiger partial charge in [-0.25, -0.2) is 14.4 Å². The van der Waals surface area contributed by atoms with Crippen LogP contribution in [0.1, 0.15) is 37.1 Å². The van der Waals surface area contributed by atoms with E-state index in [1.165, 1.54) is 12.1 Å². The average Bonchev–Trinajstić information content (AvgIpc) is 3.25. The molecule has 1 saturated carbocycles. The van der Waals surface area contributed by atoms with Gasteiger partial charge in [0.1, 0.15) is 23.3 Å². The number of nitrogen functional groups attached to an aromatic ring is 1. The minimum absolute atomic E-state index is 0.178. The lowest BCUT2D eigenvalue weighted by Crippen LogP contribution is -2.19. The molecule has 0 aliphatic heterocycles. The number of hydrogen-bond acceptors (Lipinski definition) is 4. The number of benzene rings is 1. The molecule has 0 radical (unpaired) electrons. The van der Waals surface area contributed by atoms with E-state index in [1.54, 1.807) is 18.2 Å². The SMILES string of the molecule is CC(Cc1ccc(F)cc1)Nc1cc(N)nc(C2CC2)n1. The van der Waals surface area contributed by atoms with Crippen molar-refractivity contribution in [3.8, 4) is 0 Å². The van der Waals surface area contributed by atoms with E-state index in [4.69, 9.17) is 5.73 Å². The van der Waals surface area contributed by atoms with Crippen LogP contribution in [0, 0.1) is 5.82 Å². The smallest absolute Gasteiger partial charge is 0.136 e. The standard InChI is InChI=1S/C16H19FN4/c1-10(8-11-2-6-13(17)7-3-11)19-15-9-14(18)20-16(21-15)12-4-5-12/h2-3,6-7,9-10,12H,4-5,8H2,1H3,(H3,18,19,20,21). The van der Waals surface area contributed by atoms with E-state index in [2.05, 4.69) is 22.2 Å². The van der Waals surface area contributed by atoms with Crippen LogP contribution in [-0.2, 0) is 6.42 Å². The Bertz CT molecular complexity index is 623. The van der Waals surface area contributed by atoms with Gasteiger partial charge >= 0.3 is 0 Å². The molecule has 1 atom stereocenters. The zero-order valence-electron chi connectivity index (χ0n) is 12.0. The number of nitrogens with one attached hydrogen (secondary N) is 1. The van der Waals surface area contributed by atoms with Gasteiger partial charge < -0.3 is 11.1 Å². The second kappa shape index (κ2) is 5.68. The normalized spacial score (nSPS) is 15.7. The zero-order valence-corrected chi connectivity index (χ0v) is 12.0. The van der Waals surface area contributed by atoms with Crippen molar-refractivity contribution < 1.29 is 4.39 Å². The van der Waals surface area contributed by atoms with E-state index in [0.717, 1.165) is 36.5 Å². The Balaban J connectivity index is 1.66. The van der Waals surface area contributed by atoms with Gasteiger partial charge in [-0.05, 0) is 43.9 Å². The lowest BCUT2D eigenvalue weighted by Gasteiger charge is -2.15. The second-order valence-corrected chi connectivity index (χ2v) is 5.69. The van der Waals surface area contributed by atoms with E-state index in [9.17, 15) is 4.39 Å². The fraction of sp³-hybridized carbons (Fsp3) is 0.375. The summed E-state index contributed by atoms with van der Waals surface area (Å²) in [5.74, 6) is 2.37. The summed E-state index contributed by atoms with van der Waals surface area (Å²) in [5, 5.41) is 3.34. The first kappa shape index (κ1) is 13.8. The van der Waals surface area contributed by atoms with E-state index < -0.39 is 0 Å². The number of anilines is 2. The van der Waals surface area contributed by atoms with Crippen LogP contribution in [0.2, 0.25) is 0 Å². The lowest BCUT2D eigenvalue weighted by atomic mass is 10.1. The van der Waals surface area contributed by atoms with E-state index >= 15 is 0 Å². The monoisotopic (exact) mass is 286 g/mol. The van der Waals surface area contributed by atoms with Crippen molar-refractivity contribution in [2.45, 2.75) is 38.1 Å². The van der Waals surface area contributed by atoms with Crippen molar-refractivity contribution in [3.63, 3.8) is 0 Å². The highest BCUT2D eigenvalue weighted by Crippen LogP contribution is 2.38. The molecule has 1 aliphatic carbocycles. The van der Waals surface area contributed by atoms with Crippen LogP contribution in [0.3, 0.4) is 0 Å². The van der Waals surface area contributed by atoms with Gasteiger partial charge in [0, 0.05) is 18.0 Å².